The van der Waals surface area contributed by atoms with E-state index in [2.05, 4.69) is 40.1 Å². The van der Waals surface area contributed by atoms with Gasteiger partial charge in [0.05, 0.1) is 12.3 Å². The lowest BCUT2D eigenvalue weighted by Gasteiger charge is -2.06. The Morgan fingerprint density at radius 2 is 1.28 bits per heavy atom. The van der Waals surface area contributed by atoms with Crippen molar-refractivity contribution in [1.29, 1.82) is 0 Å². The van der Waals surface area contributed by atoms with Gasteiger partial charge in [0.15, 0.2) is 0 Å². The molecule has 0 atom stereocenters. The summed E-state index contributed by atoms with van der Waals surface area (Å²) < 4.78 is 5.68. The second-order valence-corrected chi connectivity index (χ2v) is 7.38. The molecule has 2 aromatic heterocycles. The summed E-state index contributed by atoms with van der Waals surface area (Å²) in [4.78, 5) is 13.2. The van der Waals surface area contributed by atoms with Gasteiger partial charge in [-0.05, 0) is 12.5 Å². The number of rotatable bonds is 12. The molecular weight excluding hydrogens is 358 g/mol. The van der Waals surface area contributed by atoms with Gasteiger partial charge in [-0.25, -0.2) is 9.97 Å². The highest BCUT2D eigenvalue weighted by atomic mass is 16.5. The van der Waals surface area contributed by atoms with Crippen LogP contribution in [-0.4, -0.2) is 21.6 Å². The van der Waals surface area contributed by atoms with Crippen molar-refractivity contribution in [3.63, 3.8) is 0 Å². The number of nitrogens with zero attached hydrogens (tertiary/aromatic N) is 3. The first-order chi connectivity index (χ1) is 14.4. The minimum absolute atomic E-state index is 0.450. The largest absolute Gasteiger partial charge is 0.463 e. The maximum absolute atomic E-state index is 5.68. The van der Waals surface area contributed by atoms with Crippen LogP contribution < -0.4 is 4.74 Å². The quantitative estimate of drug-likeness (QED) is 0.322. The van der Waals surface area contributed by atoms with E-state index in [0.29, 0.717) is 12.6 Å². The fourth-order valence-corrected chi connectivity index (χ4v) is 3.28. The van der Waals surface area contributed by atoms with E-state index in [1.54, 1.807) is 12.4 Å². The van der Waals surface area contributed by atoms with Crippen LogP contribution in [0.5, 0.6) is 6.01 Å². The van der Waals surface area contributed by atoms with Gasteiger partial charge >= 0.3 is 6.01 Å². The van der Waals surface area contributed by atoms with Crippen LogP contribution >= 0.6 is 0 Å². The fraction of sp³-hybridized carbons (Fsp3) is 0.400. The van der Waals surface area contributed by atoms with Crippen LogP contribution in [0.25, 0.3) is 22.4 Å². The highest BCUT2D eigenvalue weighted by molar-refractivity contribution is 5.65. The Labute approximate surface area is 174 Å². The number of ether oxygens (including phenoxy) is 1. The Balaban J connectivity index is 1.41. The fourth-order valence-electron chi connectivity index (χ4n) is 3.28. The van der Waals surface area contributed by atoms with E-state index in [9.17, 15) is 0 Å². The Morgan fingerprint density at radius 1 is 0.621 bits per heavy atom. The zero-order chi connectivity index (χ0) is 20.2. The summed E-state index contributed by atoms with van der Waals surface area (Å²) in [5.74, 6) is 0. The average Bonchev–Trinajstić information content (AvgIpc) is 2.79. The molecule has 0 N–H and O–H groups in total. The predicted octanol–water partition coefficient (Wildman–Crippen LogP) is 6.73. The summed E-state index contributed by atoms with van der Waals surface area (Å²) in [6.45, 7) is 2.94. The zero-order valence-corrected chi connectivity index (χ0v) is 17.4. The number of benzene rings is 1. The molecule has 0 spiro atoms. The molecule has 0 aliphatic rings. The highest BCUT2D eigenvalue weighted by Gasteiger charge is 2.04. The molecule has 0 aliphatic heterocycles. The molecular formula is C25H31N3O. The second kappa shape index (κ2) is 11.9. The lowest BCUT2D eigenvalue weighted by molar-refractivity contribution is 0.281. The van der Waals surface area contributed by atoms with Crippen LogP contribution in [0, 0.1) is 0 Å². The monoisotopic (exact) mass is 389 g/mol. The van der Waals surface area contributed by atoms with Gasteiger partial charge < -0.3 is 4.74 Å². The van der Waals surface area contributed by atoms with Crippen LogP contribution in [0.4, 0.5) is 0 Å². The zero-order valence-electron chi connectivity index (χ0n) is 17.4. The third-order valence-corrected chi connectivity index (χ3v) is 5.02. The van der Waals surface area contributed by atoms with Crippen molar-refractivity contribution in [2.24, 2.45) is 0 Å². The first-order valence-electron chi connectivity index (χ1n) is 10.8. The molecule has 3 aromatic rings. The minimum atomic E-state index is 0.450. The maximum atomic E-state index is 5.68. The topological polar surface area (TPSA) is 47.9 Å². The van der Waals surface area contributed by atoms with E-state index < -0.39 is 0 Å². The lowest BCUT2D eigenvalue weighted by atomic mass is 10.1. The molecule has 2 heterocycles. The second-order valence-electron chi connectivity index (χ2n) is 7.38. The van der Waals surface area contributed by atoms with E-state index in [1.807, 2.05) is 30.5 Å². The first-order valence-corrected chi connectivity index (χ1v) is 10.8. The van der Waals surface area contributed by atoms with Gasteiger partial charge in [0.2, 0.25) is 0 Å². The molecule has 0 bridgehead atoms. The van der Waals surface area contributed by atoms with Crippen molar-refractivity contribution < 1.29 is 4.74 Å². The van der Waals surface area contributed by atoms with E-state index in [-0.39, 0.29) is 0 Å². The molecule has 4 nitrogen and oxygen atoms in total. The Kier molecular flexibility index (Phi) is 8.64. The van der Waals surface area contributed by atoms with Crippen LogP contribution in [-0.2, 0) is 0 Å². The first kappa shape index (κ1) is 21.0. The molecule has 0 unspecified atom stereocenters. The number of unbranched alkanes of at least 4 members (excludes halogenated alkanes) is 7. The van der Waals surface area contributed by atoms with Crippen molar-refractivity contribution >= 4 is 0 Å². The minimum Gasteiger partial charge on any atom is -0.463 e. The number of hydrogen-bond donors (Lipinski definition) is 0. The normalized spacial score (nSPS) is 10.8. The summed E-state index contributed by atoms with van der Waals surface area (Å²) in [5, 5.41) is 0. The van der Waals surface area contributed by atoms with Gasteiger partial charge in [-0.1, -0.05) is 88.3 Å². The molecule has 0 radical (unpaired) electrons. The molecule has 152 valence electrons. The molecule has 0 amide bonds. The van der Waals surface area contributed by atoms with Crippen molar-refractivity contribution in [3.05, 3.63) is 61.1 Å². The van der Waals surface area contributed by atoms with Crippen molar-refractivity contribution in [3.8, 4) is 28.4 Å². The molecule has 4 heteroatoms. The van der Waals surface area contributed by atoms with E-state index in [0.717, 1.165) is 28.8 Å². The van der Waals surface area contributed by atoms with Crippen LogP contribution in [0.1, 0.15) is 58.3 Å². The van der Waals surface area contributed by atoms with Gasteiger partial charge in [0.1, 0.15) is 0 Å². The molecule has 0 aliphatic carbocycles. The van der Waals surface area contributed by atoms with Gasteiger partial charge in [0.25, 0.3) is 0 Å². The van der Waals surface area contributed by atoms with Gasteiger partial charge in [-0.15, -0.1) is 0 Å². The summed E-state index contributed by atoms with van der Waals surface area (Å²) in [5.41, 5.74) is 4.01. The predicted molar refractivity (Wildman–Crippen MR) is 119 cm³/mol. The van der Waals surface area contributed by atoms with Crippen LogP contribution in [0.15, 0.2) is 61.1 Å². The lowest BCUT2D eigenvalue weighted by Crippen LogP contribution is -2.01. The van der Waals surface area contributed by atoms with Crippen LogP contribution in [0.2, 0.25) is 0 Å². The maximum Gasteiger partial charge on any atom is 0.316 e. The van der Waals surface area contributed by atoms with Crippen molar-refractivity contribution in [2.45, 2.75) is 58.3 Å². The molecule has 0 fully saturated rings. The Hall–Kier alpha value is -2.75. The smallest absolute Gasteiger partial charge is 0.316 e. The van der Waals surface area contributed by atoms with Gasteiger partial charge in [-0.2, -0.15) is 0 Å². The SMILES string of the molecule is CCCCCCCCCCOc1ncc(-c2ccc(-c3ccccc3)nc2)cn1. The number of aromatic nitrogens is 3. The standard InChI is InChI=1S/C25H31N3O/c1-2-3-4-5-6-7-8-12-17-29-25-27-19-23(20-28-25)22-15-16-24(26-18-22)21-13-10-9-11-14-21/h9-11,13-16,18-20H,2-8,12,17H2,1H3. The van der Waals surface area contributed by atoms with Crippen molar-refractivity contribution in [2.75, 3.05) is 6.61 Å². The summed E-state index contributed by atoms with van der Waals surface area (Å²) in [6.07, 6.45) is 15.8. The van der Waals surface area contributed by atoms with E-state index >= 15 is 0 Å². The van der Waals surface area contributed by atoms with Gasteiger partial charge in [0, 0.05) is 35.3 Å². The molecule has 0 saturated heterocycles. The molecule has 1 aromatic carbocycles. The summed E-state index contributed by atoms with van der Waals surface area (Å²) in [6, 6.07) is 14.7. The third-order valence-electron chi connectivity index (χ3n) is 5.02. The number of hydrogen-bond acceptors (Lipinski definition) is 4. The number of pyridine rings is 1. The molecule has 3 rings (SSSR count). The van der Waals surface area contributed by atoms with Crippen LogP contribution in [0.3, 0.4) is 0 Å². The Bertz CT molecular complexity index is 817. The molecule has 0 saturated carbocycles. The molecule has 29 heavy (non-hydrogen) atoms. The summed E-state index contributed by atoms with van der Waals surface area (Å²) in [7, 11) is 0. The summed E-state index contributed by atoms with van der Waals surface area (Å²) >= 11 is 0. The van der Waals surface area contributed by atoms with E-state index in [1.165, 1.54) is 44.9 Å². The van der Waals surface area contributed by atoms with E-state index in [4.69, 9.17) is 4.74 Å². The third kappa shape index (κ3) is 6.97. The Morgan fingerprint density at radius 3 is 1.93 bits per heavy atom. The van der Waals surface area contributed by atoms with Gasteiger partial charge in [-0.3, -0.25) is 4.98 Å². The highest BCUT2D eigenvalue weighted by Crippen LogP contribution is 2.22. The average molecular weight is 390 g/mol. The van der Waals surface area contributed by atoms with Crippen molar-refractivity contribution in [1.82, 2.24) is 15.0 Å².